The molecule has 4 saturated carbocycles. The minimum Gasteiger partial charge on any atom is -0.324 e. The fourth-order valence-corrected chi connectivity index (χ4v) is 7.07. The quantitative estimate of drug-likeness (QED) is 0.589. The van der Waals surface area contributed by atoms with E-state index in [2.05, 4.69) is 36.5 Å². The van der Waals surface area contributed by atoms with Crippen molar-refractivity contribution in [1.82, 2.24) is 0 Å². The number of hydrogen-bond donors (Lipinski definition) is 1. The molecule has 0 radical (unpaired) electrons. The number of aryl methyl sites for hydroxylation is 1. The van der Waals surface area contributed by atoms with E-state index in [-0.39, 0.29) is 16.7 Å². The number of nitrogens with one attached hydrogen (secondary N) is 1. The SMILES string of the molecule is Cc1ccc(C23C[C@@H]4C[C@@H](CC(C(=O)Nc5ccc(Cl)cc5Cl)(C4)C2)C3)cc1. The second-order valence-electron chi connectivity index (χ2n) is 9.47. The van der Waals surface area contributed by atoms with Gasteiger partial charge in [0.15, 0.2) is 0 Å². The van der Waals surface area contributed by atoms with Gasteiger partial charge in [-0.25, -0.2) is 0 Å². The molecule has 0 saturated heterocycles. The summed E-state index contributed by atoms with van der Waals surface area (Å²) in [6.45, 7) is 2.13. The number of hydrogen-bond acceptors (Lipinski definition) is 1. The fourth-order valence-electron chi connectivity index (χ4n) is 6.62. The molecule has 146 valence electrons. The minimum absolute atomic E-state index is 0.141. The van der Waals surface area contributed by atoms with Crippen LogP contribution in [0.4, 0.5) is 5.69 Å². The summed E-state index contributed by atoms with van der Waals surface area (Å²) in [6.07, 6.45) is 6.70. The van der Waals surface area contributed by atoms with Gasteiger partial charge in [0.05, 0.1) is 16.1 Å². The van der Waals surface area contributed by atoms with Gasteiger partial charge in [-0.05, 0) is 86.5 Å². The molecule has 4 bridgehead atoms. The van der Waals surface area contributed by atoms with Crippen LogP contribution in [-0.2, 0) is 10.2 Å². The molecule has 2 aromatic rings. The molecule has 1 amide bonds. The van der Waals surface area contributed by atoms with Gasteiger partial charge in [-0.15, -0.1) is 0 Å². The fraction of sp³-hybridized carbons (Fsp3) is 0.458. The molecule has 0 aromatic heterocycles. The number of halogens is 2. The minimum atomic E-state index is -0.280. The lowest BCUT2D eigenvalue weighted by Crippen LogP contribution is -2.58. The highest BCUT2D eigenvalue weighted by Crippen LogP contribution is 2.66. The first kappa shape index (κ1) is 18.5. The molecule has 2 nitrogen and oxygen atoms in total. The number of carbonyl (C=O) groups is 1. The van der Waals surface area contributed by atoms with Gasteiger partial charge in [0.2, 0.25) is 5.91 Å². The summed E-state index contributed by atoms with van der Waals surface area (Å²) in [5, 5.41) is 4.22. The zero-order valence-electron chi connectivity index (χ0n) is 16.1. The van der Waals surface area contributed by atoms with Crippen LogP contribution in [-0.4, -0.2) is 5.91 Å². The Morgan fingerprint density at radius 3 is 2.32 bits per heavy atom. The summed E-state index contributed by atoms with van der Waals surface area (Å²) in [5.41, 5.74) is 3.25. The van der Waals surface area contributed by atoms with E-state index in [1.54, 1.807) is 18.2 Å². The summed E-state index contributed by atoms with van der Waals surface area (Å²) < 4.78 is 0. The van der Waals surface area contributed by atoms with E-state index in [1.807, 2.05) is 0 Å². The van der Waals surface area contributed by atoms with Gasteiger partial charge in [0.1, 0.15) is 0 Å². The van der Waals surface area contributed by atoms with Gasteiger partial charge < -0.3 is 5.32 Å². The Balaban J connectivity index is 1.47. The number of benzene rings is 2. The molecule has 0 heterocycles. The molecule has 0 aliphatic heterocycles. The standard InChI is InChI=1S/C24H25Cl2NO/c1-15-2-4-18(5-3-15)23-10-16-8-17(11-23)13-24(12-16,14-23)22(28)27-21-7-6-19(25)9-20(21)26/h2-7,9,16-17H,8,10-14H2,1H3,(H,27,28)/t16-,17+,23?,24?. The molecule has 1 N–H and O–H groups in total. The maximum absolute atomic E-state index is 13.5. The molecular formula is C24H25Cl2NO. The second kappa shape index (κ2) is 6.50. The van der Waals surface area contributed by atoms with E-state index in [1.165, 1.54) is 30.4 Å². The third-order valence-corrected chi connectivity index (χ3v) is 7.93. The van der Waals surface area contributed by atoms with E-state index in [0.29, 0.717) is 27.6 Å². The van der Waals surface area contributed by atoms with Crippen molar-refractivity contribution in [2.75, 3.05) is 5.32 Å². The Morgan fingerprint density at radius 2 is 1.68 bits per heavy atom. The van der Waals surface area contributed by atoms with Crippen molar-refractivity contribution in [1.29, 1.82) is 0 Å². The topological polar surface area (TPSA) is 29.1 Å². The van der Waals surface area contributed by atoms with Crippen molar-refractivity contribution < 1.29 is 4.79 Å². The smallest absolute Gasteiger partial charge is 0.230 e. The molecule has 6 rings (SSSR count). The van der Waals surface area contributed by atoms with Crippen LogP contribution in [0.25, 0.3) is 0 Å². The van der Waals surface area contributed by atoms with Crippen LogP contribution in [0.1, 0.15) is 49.7 Å². The van der Waals surface area contributed by atoms with E-state index in [4.69, 9.17) is 23.2 Å². The Labute approximate surface area is 176 Å². The highest BCUT2D eigenvalue weighted by molar-refractivity contribution is 6.36. The van der Waals surface area contributed by atoms with Crippen LogP contribution in [0, 0.1) is 24.2 Å². The van der Waals surface area contributed by atoms with Crippen LogP contribution >= 0.6 is 23.2 Å². The number of amides is 1. The Hall–Kier alpha value is -1.51. The summed E-state index contributed by atoms with van der Waals surface area (Å²) >= 11 is 12.3. The van der Waals surface area contributed by atoms with Crippen molar-refractivity contribution >= 4 is 34.8 Å². The summed E-state index contributed by atoms with van der Waals surface area (Å²) in [7, 11) is 0. The predicted octanol–water partition coefficient (Wildman–Crippen LogP) is 6.78. The third kappa shape index (κ3) is 2.97. The lowest BCUT2D eigenvalue weighted by molar-refractivity contribution is -0.143. The molecule has 2 aromatic carbocycles. The zero-order chi connectivity index (χ0) is 19.5. The van der Waals surface area contributed by atoms with Gasteiger partial charge in [0.25, 0.3) is 0 Å². The van der Waals surface area contributed by atoms with Gasteiger partial charge >= 0.3 is 0 Å². The number of rotatable bonds is 3. The molecule has 4 aliphatic rings. The second-order valence-corrected chi connectivity index (χ2v) is 10.3. The predicted molar refractivity (Wildman–Crippen MR) is 115 cm³/mol. The average Bonchev–Trinajstić information content (AvgIpc) is 2.63. The maximum Gasteiger partial charge on any atom is 0.230 e. The molecule has 2 unspecified atom stereocenters. The summed E-state index contributed by atoms with van der Waals surface area (Å²) in [4.78, 5) is 13.5. The first-order valence-corrected chi connectivity index (χ1v) is 11.0. The summed E-state index contributed by atoms with van der Waals surface area (Å²) in [6, 6.07) is 14.3. The van der Waals surface area contributed by atoms with Gasteiger partial charge in [-0.2, -0.15) is 0 Å². The van der Waals surface area contributed by atoms with Crippen LogP contribution in [0.3, 0.4) is 0 Å². The van der Waals surface area contributed by atoms with Crippen molar-refractivity contribution in [3.63, 3.8) is 0 Å². The zero-order valence-corrected chi connectivity index (χ0v) is 17.6. The van der Waals surface area contributed by atoms with Gasteiger partial charge in [-0.1, -0.05) is 53.0 Å². The Morgan fingerprint density at radius 1 is 1.00 bits per heavy atom. The number of anilines is 1. The molecule has 28 heavy (non-hydrogen) atoms. The van der Waals surface area contributed by atoms with Crippen molar-refractivity contribution in [2.24, 2.45) is 17.3 Å². The van der Waals surface area contributed by atoms with Crippen LogP contribution in [0.5, 0.6) is 0 Å². The van der Waals surface area contributed by atoms with Crippen LogP contribution < -0.4 is 5.32 Å². The van der Waals surface area contributed by atoms with Crippen LogP contribution in [0.2, 0.25) is 10.0 Å². The maximum atomic E-state index is 13.5. The monoisotopic (exact) mass is 413 g/mol. The highest BCUT2D eigenvalue weighted by atomic mass is 35.5. The molecule has 0 spiro atoms. The summed E-state index contributed by atoms with van der Waals surface area (Å²) in [5.74, 6) is 1.44. The first-order chi connectivity index (χ1) is 13.4. The molecule has 4 atom stereocenters. The van der Waals surface area contributed by atoms with Gasteiger partial charge in [-0.3, -0.25) is 4.79 Å². The average molecular weight is 414 g/mol. The lowest BCUT2D eigenvalue weighted by atomic mass is 9.42. The first-order valence-electron chi connectivity index (χ1n) is 10.2. The lowest BCUT2D eigenvalue weighted by Gasteiger charge is -2.61. The van der Waals surface area contributed by atoms with Crippen LogP contribution in [0.15, 0.2) is 42.5 Å². The van der Waals surface area contributed by atoms with Crippen molar-refractivity contribution in [3.05, 3.63) is 63.6 Å². The van der Waals surface area contributed by atoms with Crippen molar-refractivity contribution in [3.8, 4) is 0 Å². The number of carbonyl (C=O) groups excluding carboxylic acids is 1. The Bertz CT molecular complexity index is 922. The molecule has 4 heteroatoms. The Kier molecular flexibility index (Phi) is 4.30. The van der Waals surface area contributed by atoms with E-state index < -0.39 is 0 Å². The van der Waals surface area contributed by atoms with E-state index >= 15 is 0 Å². The largest absolute Gasteiger partial charge is 0.324 e. The normalized spacial score (nSPS) is 33.1. The van der Waals surface area contributed by atoms with Gasteiger partial charge in [0, 0.05) is 5.02 Å². The molecule has 4 aliphatic carbocycles. The molecular weight excluding hydrogens is 389 g/mol. The molecule has 4 fully saturated rings. The van der Waals surface area contributed by atoms with E-state index in [9.17, 15) is 4.79 Å². The van der Waals surface area contributed by atoms with E-state index in [0.717, 1.165) is 19.3 Å². The highest BCUT2D eigenvalue weighted by Gasteiger charge is 2.60. The van der Waals surface area contributed by atoms with Crippen molar-refractivity contribution in [2.45, 2.75) is 50.9 Å². The third-order valence-electron chi connectivity index (χ3n) is 7.39.